The monoisotopic (exact) mass is 360 g/mol. The molecule has 0 aromatic carbocycles. The van der Waals surface area contributed by atoms with Crippen LogP contribution in [0.3, 0.4) is 0 Å². The van der Waals surface area contributed by atoms with Gasteiger partial charge in [-0.25, -0.2) is 0 Å². The minimum absolute atomic E-state index is 0.0590. The van der Waals surface area contributed by atoms with Gasteiger partial charge in [0.05, 0.1) is 0 Å². The summed E-state index contributed by atoms with van der Waals surface area (Å²) < 4.78 is 1.73. The number of carbonyl (C=O) groups excluding carboxylic acids is 1. The molecule has 134 valence electrons. The molecule has 1 aliphatic carbocycles. The summed E-state index contributed by atoms with van der Waals surface area (Å²) in [4.78, 5) is 33.8. The highest BCUT2D eigenvalue weighted by molar-refractivity contribution is 7.15. The van der Waals surface area contributed by atoms with Crippen LogP contribution in [0.25, 0.3) is 4.96 Å². The van der Waals surface area contributed by atoms with Crippen LogP contribution in [-0.2, 0) is 0 Å². The van der Waals surface area contributed by atoms with E-state index in [1.807, 2.05) is 16.5 Å². The summed E-state index contributed by atoms with van der Waals surface area (Å²) in [6.45, 7) is 7.12. The van der Waals surface area contributed by atoms with E-state index in [9.17, 15) is 9.59 Å². The van der Waals surface area contributed by atoms with Crippen LogP contribution in [0.15, 0.2) is 22.4 Å². The topological polar surface area (TPSA) is 57.9 Å². The first-order valence-corrected chi connectivity index (χ1v) is 9.51. The van der Waals surface area contributed by atoms with Crippen LogP contribution in [-0.4, -0.2) is 58.8 Å². The number of rotatable bonds is 3. The van der Waals surface area contributed by atoms with E-state index in [0.717, 1.165) is 26.1 Å². The maximum atomic E-state index is 13.2. The van der Waals surface area contributed by atoms with Gasteiger partial charge in [0.1, 0.15) is 5.69 Å². The van der Waals surface area contributed by atoms with Crippen molar-refractivity contribution in [3.63, 3.8) is 0 Å². The van der Waals surface area contributed by atoms with Crippen molar-refractivity contribution in [2.45, 2.75) is 20.3 Å². The number of amides is 1. The van der Waals surface area contributed by atoms with Gasteiger partial charge in [-0.05, 0) is 31.8 Å². The Balaban J connectivity index is 1.67. The fourth-order valence-electron chi connectivity index (χ4n) is 5.30. The molecule has 4 rings (SSSR count). The molecule has 0 bridgehead atoms. The lowest BCUT2D eigenvalue weighted by Crippen LogP contribution is -2.57. The van der Waals surface area contributed by atoms with Crippen molar-refractivity contribution in [3.05, 3.63) is 33.7 Å². The summed E-state index contributed by atoms with van der Waals surface area (Å²) in [5.41, 5.74) is 0.512. The van der Waals surface area contributed by atoms with Gasteiger partial charge in [-0.1, -0.05) is 13.8 Å². The normalized spacial score (nSPS) is 27.6. The molecule has 2 aromatic heterocycles. The van der Waals surface area contributed by atoms with Gasteiger partial charge in [0, 0.05) is 42.7 Å². The summed E-state index contributed by atoms with van der Waals surface area (Å²) in [6, 6.07) is 1.37. The number of aromatic nitrogens is 2. The highest BCUT2D eigenvalue weighted by atomic mass is 32.1. The summed E-state index contributed by atoms with van der Waals surface area (Å²) in [5.74, 6) is 0.444. The van der Waals surface area contributed by atoms with E-state index >= 15 is 0 Å². The van der Waals surface area contributed by atoms with Crippen molar-refractivity contribution in [2.75, 3.05) is 33.7 Å². The lowest BCUT2D eigenvalue weighted by atomic mass is 9.48. The molecule has 0 N–H and O–H groups in total. The second-order valence-corrected chi connectivity index (χ2v) is 9.41. The van der Waals surface area contributed by atoms with Gasteiger partial charge < -0.3 is 9.80 Å². The zero-order valence-corrected chi connectivity index (χ0v) is 16.0. The van der Waals surface area contributed by atoms with Gasteiger partial charge in [0.25, 0.3) is 11.5 Å². The molecule has 1 aliphatic heterocycles. The maximum Gasteiger partial charge on any atom is 0.274 e. The van der Waals surface area contributed by atoms with E-state index in [1.165, 1.54) is 17.4 Å². The molecule has 0 unspecified atom stereocenters. The van der Waals surface area contributed by atoms with E-state index in [2.05, 4.69) is 37.8 Å². The minimum Gasteiger partial charge on any atom is -0.336 e. The van der Waals surface area contributed by atoms with Gasteiger partial charge in [0.15, 0.2) is 4.96 Å². The second kappa shape index (κ2) is 5.38. The number of likely N-dealkylation sites (tertiary alicyclic amines) is 1. The van der Waals surface area contributed by atoms with E-state index in [4.69, 9.17) is 0 Å². The Labute approximate surface area is 151 Å². The molecule has 7 heteroatoms. The third kappa shape index (κ3) is 2.52. The van der Waals surface area contributed by atoms with Crippen LogP contribution >= 0.6 is 11.3 Å². The van der Waals surface area contributed by atoms with Crippen LogP contribution in [0, 0.1) is 16.7 Å². The quantitative estimate of drug-likeness (QED) is 0.838. The average molecular weight is 360 g/mol. The van der Waals surface area contributed by atoms with Gasteiger partial charge in [-0.2, -0.15) is 4.98 Å². The fourth-order valence-corrected chi connectivity index (χ4v) is 6.02. The van der Waals surface area contributed by atoms with E-state index in [0.29, 0.717) is 16.6 Å². The molecule has 0 radical (unpaired) electrons. The molecular formula is C18H24N4O2S. The summed E-state index contributed by atoms with van der Waals surface area (Å²) in [7, 11) is 4.19. The Morgan fingerprint density at radius 1 is 1.44 bits per heavy atom. The number of fused-ring (bicyclic) bond motifs is 2. The SMILES string of the molecule is CN(C)C[C@@]12CN(C(=O)c3cc(=O)nc4sccn34)C[C@@H]1C(C)(C)C2. The minimum atomic E-state index is -0.351. The molecule has 1 saturated carbocycles. The van der Waals surface area contributed by atoms with Crippen LogP contribution in [0.4, 0.5) is 0 Å². The standard InChI is InChI=1S/C18H24N4O2S/c1-17(2)9-18(10-20(3)4)11-21(8-13(17)18)15(24)12-7-14(23)19-16-22(12)5-6-25-16/h5-7,13H,8-11H2,1-4H3/t13-,18+/m1/s1. The molecule has 2 atom stereocenters. The summed E-state index contributed by atoms with van der Waals surface area (Å²) in [6.07, 6.45) is 2.95. The third-order valence-electron chi connectivity index (χ3n) is 5.85. The number of thiazole rings is 1. The Hall–Kier alpha value is -1.73. The van der Waals surface area contributed by atoms with Gasteiger partial charge in [-0.3, -0.25) is 14.0 Å². The van der Waals surface area contributed by atoms with Crippen molar-refractivity contribution in [3.8, 4) is 0 Å². The molecule has 1 saturated heterocycles. The first-order chi connectivity index (χ1) is 11.7. The highest BCUT2D eigenvalue weighted by Crippen LogP contribution is 2.62. The zero-order chi connectivity index (χ0) is 18.0. The molecule has 3 heterocycles. The molecule has 25 heavy (non-hydrogen) atoms. The number of nitrogens with zero attached hydrogens (tertiary/aromatic N) is 4. The third-order valence-corrected chi connectivity index (χ3v) is 6.61. The Kier molecular flexibility index (Phi) is 3.60. The van der Waals surface area contributed by atoms with E-state index in [1.54, 1.807) is 4.40 Å². The van der Waals surface area contributed by atoms with Crippen LogP contribution in [0.2, 0.25) is 0 Å². The summed E-state index contributed by atoms with van der Waals surface area (Å²) >= 11 is 1.37. The molecule has 6 nitrogen and oxygen atoms in total. The molecule has 1 amide bonds. The van der Waals surface area contributed by atoms with Crippen molar-refractivity contribution in [1.82, 2.24) is 19.2 Å². The largest absolute Gasteiger partial charge is 0.336 e. The first-order valence-electron chi connectivity index (χ1n) is 8.63. The lowest BCUT2D eigenvalue weighted by molar-refractivity contribution is -0.0789. The lowest BCUT2D eigenvalue weighted by Gasteiger charge is -2.57. The highest BCUT2D eigenvalue weighted by Gasteiger charge is 2.63. The molecule has 0 spiro atoms. The van der Waals surface area contributed by atoms with Gasteiger partial charge in [0.2, 0.25) is 0 Å². The number of hydrogen-bond acceptors (Lipinski definition) is 5. The molecular weight excluding hydrogens is 336 g/mol. The Bertz CT molecular complexity index is 896. The van der Waals surface area contributed by atoms with Crippen molar-refractivity contribution in [1.29, 1.82) is 0 Å². The van der Waals surface area contributed by atoms with Crippen molar-refractivity contribution >= 4 is 22.2 Å². The van der Waals surface area contributed by atoms with Crippen LogP contribution < -0.4 is 5.56 Å². The maximum absolute atomic E-state index is 13.2. The van der Waals surface area contributed by atoms with Crippen LogP contribution in [0.1, 0.15) is 30.8 Å². The first kappa shape index (κ1) is 16.7. The zero-order valence-electron chi connectivity index (χ0n) is 15.2. The summed E-state index contributed by atoms with van der Waals surface area (Å²) in [5, 5.41) is 1.85. The average Bonchev–Trinajstić information content (AvgIpc) is 3.07. The number of carbonyl (C=O) groups is 1. The second-order valence-electron chi connectivity index (χ2n) is 8.54. The van der Waals surface area contributed by atoms with E-state index < -0.39 is 0 Å². The van der Waals surface area contributed by atoms with E-state index in [-0.39, 0.29) is 22.3 Å². The smallest absolute Gasteiger partial charge is 0.274 e. The fraction of sp³-hybridized carbons (Fsp3) is 0.611. The van der Waals surface area contributed by atoms with Gasteiger partial charge >= 0.3 is 0 Å². The molecule has 2 aliphatic rings. The van der Waals surface area contributed by atoms with Gasteiger partial charge in [-0.15, -0.1) is 11.3 Å². The van der Waals surface area contributed by atoms with Crippen molar-refractivity contribution in [2.24, 2.45) is 16.7 Å². The number of hydrogen-bond donors (Lipinski definition) is 0. The van der Waals surface area contributed by atoms with Crippen molar-refractivity contribution < 1.29 is 4.79 Å². The predicted molar refractivity (Wildman–Crippen MR) is 98.1 cm³/mol. The molecule has 2 fully saturated rings. The molecule has 2 aromatic rings. The Morgan fingerprint density at radius 2 is 2.20 bits per heavy atom. The van der Waals surface area contributed by atoms with Crippen LogP contribution in [0.5, 0.6) is 0 Å². The predicted octanol–water partition coefficient (Wildman–Crippen LogP) is 1.81. The Morgan fingerprint density at radius 3 is 2.88 bits per heavy atom.